The molecule has 0 spiro atoms. The highest BCUT2D eigenvalue weighted by atomic mass is 127. The Morgan fingerprint density at radius 3 is 2.58 bits per heavy atom. The first-order valence-electron chi connectivity index (χ1n) is 7.99. The van der Waals surface area contributed by atoms with Crippen molar-refractivity contribution in [3.05, 3.63) is 56.7 Å². The normalized spacial score (nSPS) is 15.5. The van der Waals surface area contributed by atoms with Gasteiger partial charge in [0.05, 0.1) is 15.9 Å². The second-order valence-electron chi connectivity index (χ2n) is 5.76. The smallest absolute Gasteiger partial charge is 0.282 e. The third kappa shape index (κ3) is 3.52. The van der Waals surface area contributed by atoms with Gasteiger partial charge in [-0.05, 0) is 72.3 Å². The van der Waals surface area contributed by atoms with Crippen molar-refractivity contribution >= 4 is 46.2 Å². The molecule has 0 saturated carbocycles. The molecule has 0 atom stereocenters. The molecular weight excluding hydrogens is 447 g/mol. The highest BCUT2D eigenvalue weighted by Gasteiger charge is 2.34. The Kier molecular flexibility index (Phi) is 5.17. The maximum Gasteiger partial charge on any atom is 0.282 e. The molecule has 1 fully saturated rings. The maximum absolute atomic E-state index is 12.7. The van der Waals surface area contributed by atoms with Gasteiger partial charge < -0.3 is 9.84 Å². The molecule has 0 radical (unpaired) electrons. The monoisotopic (exact) mass is 464 g/mol. The number of anilines is 1. The third-order valence-corrected chi connectivity index (χ3v) is 4.67. The van der Waals surface area contributed by atoms with Gasteiger partial charge in [-0.2, -0.15) is 0 Å². The van der Waals surface area contributed by atoms with Crippen LogP contribution in [0.2, 0.25) is 0 Å². The van der Waals surface area contributed by atoms with Crippen molar-refractivity contribution in [1.82, 2.24) is 5.43 Å². The molecule has 2 N–H and O–H groups in total. The van der Waals surface area contributed by atoms with Crippen molar-refractivity contribution in [1.29, 1.82) is 0 Å². The van der Waals surface area contributed by atoms with Gasteiger partial charge in [-0.3, -0.25) is 15.0 Å². The molecule has 1 aliphatic rings. The molecule has 2 amide bonds. The van der Waals surface area contributed by atoms with Gasteiger partial charge in [0.25, 0.3) is 11.8 Å². The van der Waals surface area contributed by atoms with Crippen LogP contribution in [0, 0.1) is 10.5 Å². The Hall–Kier alpha value is -2.55. The van der Waals surface area contributed by atoms with Gasteiger partial charge >= 0.3 is 0 Å². The van der Waals surface area contributed by atoms with E-state index in [4.69, 9.17) is 4.74 Å². The Morgan fingerprint density at radius 1 is 1.23 bits per heavy atom. The van der Waals surface area contributed by atoms with Crippen molar-refractivity contribution < 1.29 is 19.4 Å². The minimum absolute atomic E-state index is 0.0227. The quantitative estimate of drug-likeness (QED) is 0.414. The number of rotatable bonds is 4. The summed E-state index contributed by atoms with van der Waals surface area (Å²) in [5.41, 5.74) is 4.84. The van der Waals surface area contributed by atoms with Gasteiger partial charge in [0.1, 0.15) is 5.57 Å². The summed E-state index contributed by atoms with van der Waals surface area (Å²) < 4.78 is 5.97. The number of hydrogen-bond acceptors (Lipinski definition) is 4. The summed E-state index contributed by atoms with van der Waals surface area (Å²) in [5.74, 6) is -0.554. The van der Waals surface area contributed by atoms with E-state index in [0.717, 1.165) is 5.56 Å². The van der Waals surface area contributed by atoms with Crippen molar-refractivity contribution in [2.75, 3.05) is 11.6 Å². The van der Waals surface area contributed by atoms with Crippen LogP contribution in [-0.2, 0) is 9.59 Å². The summed E-state index contributed by atoms with van der Waals surface area (Å²) in [5, 5.41) is 11.2. The van der Waals surface area contributed by atoms with Crippen LogP contribution >= 0.6 is 22.6 Å². The number of aryl methyl sites for hydroxylation is 1. The molecule has 26 heavy (non-hydrogen) atoms. The molecule has 1 aliphatic heterocycles. The molecule has 2 aromatic carbocycles. The predicted octanol–water partition coefficient (Wildman–Crippen LogP) is 3.17. The predicted molar refractivity (Wildman–Crippen MR) is 107 cm³/mol. The molecule has 0 aliphatic carbocycles. The second-order valence-corrected chi connectivity index (χ2v) is 6.92. The van der Waals surface area contributed by atoms with E-state index in [-0.39, 0.29) is 11.3 Å². The number of hydrazine groups is 1. The largest absolute Gasteiger partial charge is 0.504 e. The summed E-state index contributed by atoms with van der Waals surface area (Å²) in [6.07, 6.45) is 1.50. The zero-order chi connectivity index (χ0) is 18.8. The number of carbonyl (C=O) groups is 2. The van der Waals surface area contributed by atoms with Crippen LogP contribution in [0.3, 0.4) is 0 Å². The minimum Gasteiger partial charge on any atom is -0.504 e. The number of ether oxygens (including phenoxy) is 1. The highest BCUT2D eigenvalue weighted by Crippen LogP contribution is 2.34. The van der Waals surface area contributed by atoms with Gasteiger partial charge in [-0.15, -0.1) is 0 Å². The molecule has 1 saturated heterocycles. The van der Waals surface area contributed by atoms with Crippen LogP contribution in [0.1, 0.15) is 18.1 Å². The van der Waals surface area contributed by atoms with Gasteiger partial charge in [-0.25, -0.2) is 5.01 Å². The van der Waals surface area contributed by atoms with Crippen molar-refractivity contribution in [3.8, 4) is 11.5 Å². The number of carbonyl (C=O) groups excluding carboxylic acids is 2. The SMILES string of the molecule is CCOc1cc(C=C2C(=O)NN(c3ccc(C)cc3)C2=O)cc(I)c1O. The fourth-order valence-corrected chi connectivity index (χ4v) is 3.17. The molecule has 0 aromatic heterocycles. The Balaban J connectivity index is 1.95. The zero-order valence-corrected chi connectivity index (χ0v) is 16.4. The Labute approximate surface area is 164 Å². The average Bonchev–Trinajstić information content (AvgIpc) is 2.88. The van der Waals surface area contributed by atoms with Gasteiger partial charge in [0.15, 0.2) is 11.5 Å². The number of phenols is 1. The van der Waals surface area contributed by atoms with E-state index < -0.39 is 11.8 Å². The number of hydrogen-bond donors (Lipinski definition) is 2. The van der Waals surface area contributed by atoms with E-state index >= 15 is 0 Å². The Bertz CT molecular complexity index is 907. The third-order valence-electron chi connectivity index (χ3n) is 3.85. The van der Waals surface area contributed by atoms with Crippen LogP contribution in [-0.4, -0.2) is 23.5 Å². The first-order chi connectivity index (χ1) is 12.4. The van der Waals surface area contributed by atoms with Crippen molar-refractivity contribution in [2.24, 2.45) is 0 Å². The molecule has 1 heterocycles. The molecule has 7 heteroatoms. The van der Waals surface area contributed by atoms with E-state index in [1.165, 1.54) is 11.1 Å². The molecule has 3 rings (SSSR count). The lowest BCUT2D eigenvalue weighted by atomic mass is 10.1. The van der Waals surface area contributed by atoms with Gasteiger partial charge in [0, 0.05) is 0 Å². The summed E-state index contributed by atoms with van der Waals surface area (Å²) in [7, 11) is 0. The fraction of sp³-hybridized carbons (Fsp3) is 0.158. The summed E-state index contributed by atoms with van der Waals surface area (Å²) in [4.78, 5) is 24.9. The zero-order valence-electron chi connectivity index (χ0n) is 14.2. The minimum atomic E-state index is -0.475. The number of phenolic OH excluding ortho intramolecular Hbond substituents is 1. The number of aromatic hydroxyl groups is 1. The fourth-order valence-electron chi connectivity index (χ4n) is 2.54. The lowest BCUT2D eigenvalue weighted by molar-refractivity contribution is -0.117. The van der Waals surface area contributed by atoms with Crippen LogP contribution in [0.4, 0.5) is 5.69 Å². The highest BCUT2D eigenvalue weighted by molar-refractivity contribution is 14.1. The van der Waals surface area contributed by atoms with Crippen LogP contribution < -0.4 is 15.2 Å². The maximum atomic E-state index is 12.7. The number of nitrogens with one attached hydrogen (secondary N) is 1. The number of halogens is 1. The number of benzene rings is 2. The summed E-state index contributed by atoms with van der Waals surface area (Å²) in [6, 6.07) is 10.6. The summed E-state index contributed by atoms with van der Waals surface area (Å²) in [6.45, 7) is 4.15. The molecule has 6 nitrogen and oxygen atoms in total. The Morgan fingerprint density at radius 2 is 1.92 bits per heavy atom. The van der Waals surface area contributed by atoms with E-state index in [2.05, 4.69) is 5.43 Å². The first-order valence-corrected chi connectivity index (χ1v) is 9.07. The summed E-state index contributed by atoms with van der Waals surface area (Å²) >= 11 is 1.97. The average molecular weight is 464 g/mol. The van der Waals surface area contributed by atoms with Crippen LogP contribution in [0.25, 0.3) is 6.08 Å². The molecule has 2 aromatic rings. The van der Waals surface area contributed by atoms with Crippen molar-refractivity contribution in [2.45, 2.75) is 13.8 Å². The van der Waals surface area contributed by atoms with E-state index in [0.29, 0.717) is 27.2 Å². The van der Waals surface area contributed by atoms with Crippen LogP contribution in [0.15, 0.2) is 42.0 Å². The van der Waals surface area contributed by atoms with Gasteiger partial charge in [0.2, 0.25) is 0 Å². The van der Waals surface area contributed by atoms with Crippen molar-refractivity contribution in [3.63, 3.8) is 0 Å². The van der Waals surface area contributed by atoms with E-state index in [9.17, 15) is 14.7 Å². The number of nitrogens with zero attached hydrogens (tertiary/aromatic N) is 1. The molecule has 0 unspecified atom stereocenters. The number of amides is 2. The molecule has 134 valence electrons. The topological polar surface area (TPSA) is 78.9 Å². The standard InChI is InChI=1S/C19H17IN2O4/c1-3-26-16-10-12(9-15(20)17(16)23)8-14-18(24)21-22(19(14)25)13-6-4-11(2)5-7-13/h4-10,23H,3H2,1-2H3,(H,21,24). The van der Waals surface area contributed by atoms with Crippen LogP contribution in [0.5, 0.6) is 11.5 Å². The van der Waals surface area contributed by atoms with E-state index in [1.54, 1.807) is 24.3 Å². The molecule has 0 bridgehead atoms. The van der Waals surface area contributed by atoms with E-state index in [1.807, 2.05) is 48.6 Å². The lowest BCUT2D eigenvalue weighted by Gasteiger charge is -2.14. The molecular formula is C19H17IN2O4. The second kappa shape index (κ2) is 7.36. The lowest BCUT2D eigenvalue weighted by Crippen LogP contribution is -2.35. The first kappa shape index (κ1) is 18.2. The van der Waals surface area contributed by atoms with Gasteiger partial charge in [-0.1, -0.05) is 17.7 Å².